The fourth-order valence-electron chi connectivity index (χ4n) is 2.53. The number of methoxy groups -OCH3 is 1. The summed E-state index contributed by atoms with van der Waals surface area (Å²) in [6.07, 6.45) is 0.721. The van der Waals surface area contributed by atoms with E-state index < -0.39 is 12.1 Å². The molecule has 5 nitrogen and oxygen atoms in total. The Bertz CT molecular complexity index is 761. The molecule has 1 heterocycles. The zero-order valence-electron chi connectivity index (χ0n) is 12.5. The van der Waals surface area contributed by atoms with Gasteiger partial charge in [-0.15, -0.1) is 0 Å². The van der Waals surface area contributed by atoms with Gasteiger partial charge in [-0.25, -0.2) is 4.79 Å². The zero-order chi connectivity index (χ0) is 16.4. The molecule has 1 aliphatic rings. The first kappa shape index (κ1) is 15.1. The molecule has 2 aromatic rings. The van der Waals surface area contributed by atoms with Gasteiger partial charge in [0.25, 0.3) is 0 Å². The maximum atomic E-state index is 12.1. The number of esters is 1. The average Bonchev–Trinajstić information content (AvgIpc) is 2.54. The summed E-state index contributed by atoms with van der Waals surface area (Å²) in [7, 11) is 1.53. The average molecular weight is 312 g/mol. The third-order valence-electron chi connectivity index (χ3n) is 3.73. The third-order valence-corrected chi connectivity index (χ3v) is 3.73. The van der Waals surface area contributed by atoms with Gasteiger partial charge < -0.3 is 19.7 Å². The maximum Gasteiger partial charge on any atom is 0.336 e. The van der Waals surface area contributed by atoms with Crippen molar-refractivity contribution in [2.75, 3.05) is 7.11 Å². The van der Waals surface area contributed by atoms with Gasteiger partial charge in [0.2, 0.25) is 0 Å². The van der Waals surface area contributed by atoms with Gasteiger partial charge in [-0.3, -0.25) is 0 Å². The molecule has 3 rings (SSSR count). The highest BCUT2D eigenvalue weighted by Gasteiger charge is 2.22. The van der Waals surface area contributed by atoms with E-state index >= 15 is 0 Å². The Hall–Kier alpha value is -2.79. The third kappa shape index (κ3) is 3.19. The summed E-state index contributed by atoms with van der Waals surface area (Å²) in [4.78, 5) is 12.1. The van der Waals surface area contributed by atoms with Gasteiger partial charge in [0.15, 0.2) is 0 Å². The number of carbonyl (C=O) groups is 1. The van der Waals surface area contributed by atoms with Gasteiger partial charge in [-0.2, -0.15) is 0 Å². The molecule has 0 aromatic heterocycles. The Morgan fingerprint density at radius 2 is 1.91 bits per heavy atom. The van der Waals surface area contributed by atoms with Gasteiger partial charge in [0.1, 0.15) is 17.2 Å². The van der Waals surface area contributed by atoms with E-state index in [4.69, 9.17) is 9.47 Å². The van der Waals surface area contributed by atoms with Crippen LogP contribution >= 0.6 is 0 Å². The molecule has 0 fully saturated rings. The molecule has 1 aliphatic heterocycles. The Balaban J connectivity index is 1.99. The minimum atomic E-state index is -0.862. The second-order valence-electron chi connectivity index (χ2n) is 5.26. The molecule has 0 radical (unpaired) electrons. The van der Waals surface area contributed by atoms with E-state index in [9.17, 15) is 15.0 Å². The quantitative estimate of drug-likeness (QED) is 0.657. The molecule has 0 spiro atoms. The molecule has 0 saturated carbocycles. The van der Waals surface area contributed by atoms with Crippen LogP contribution in [0.25, 0.3) is 5.57 Å². The van der Waals surface area contributed by atoms with Crippen molar-refractivity contribution in [1.29, 1.82) is 0 Å². The number of hydrogen-bond donors (Lipinski definition) is 2. The Labute approximate surface area is 133 Å². The van der Waals surface area contributed by atoms with Crippen LogP contribution in [0.15, 0.2) is 48.5 Å². The largest absolute Gasteiger partial charge is 0.508 e. The lowest BCUT2D eigenvalue weighted by Gasteiger charge is -2.20. The number of ether oxygens (including phenoxy) is 2. The first-order valence-corrected chi connectivity index (χ1v) is 7.14. The van der Waals surface area contributed by atoms with Crippen LogP contribution < -0.4 is 9.47 Å². The van der Waals surface area contributed by atoms with Crippen LogP contribution in [0.2, 0.25) is 0 Å². The minimum Gasteiger partial charge on any atom is -0.508 e. The van der Waals surface area contributed by atoms with Crippen molar-refractivity contribution >= 4 is 11.5 Å². The highest BCUT2D eigenvalue weighted by Crippen LogP contribution is 2.31. The number of fused-ring (bicyclic) bond motifs is 1. The lowest BCUT2D eigenvalue weighted by Crippen LogP contribution is -2.20. The molecule has 5 heteroatoms. The molecule has 0 aliphatic carbocycles. The van der Waals surface area contributed by atoms with E-state index in [0.717, 1.165) is 5.56 Å². The summed E-state index contributed by atoms with van der Waals surface area (Å²) in [6, 6.07) is 11.5. The number of aliphatic hydroxyl groups is 1. The van der Waals surface area contributed by atoms with E-state index in [0.29, 0.717) is 29.1 Å². The molecule has 23 heavy (non-hydrogen) atoms. The Morgan fingerprint density at radius 1 is 1.17 bits per heavy atom. The molecule has 0 unspecified atom stereocenters. The Kier molecular flexibility index (Phi) is 4.04. The molecule has 0 bridgehead atoms. The highest BCUT2D eigenvalue weighted by molar-refractivity contribution is 5.94. The number of rotatable bonds is 2. The standard InChI is InChI=1S/C18H16O5/c1-22-14-7-4-12-8-16(20)15(10-18(21)23-17(12)9-14)11-2-5-13(19)6-3-11/h2-7,9-10,16,19-20H,8H2,1H3/t16-/m0/s1. The van der Waals surface area contributed by atoms with Crippen molar-refractivity contribution in [2.45, 2.75) is 12.5 Å². The van der Waals surface area contributed by atoms with E-state index in [2.05, 4.69) is 0 Å². The second-order valence-corrected chi connectivity index (χ2v) is 5.26. The van der Waals surface area contributed by atoms with Crippen molar-refractivity contribution < 1.29 is 24.5 Å². The summed E-state index contributed by atoms with van der Waals surface area (Å²) in [5.41, 5.74) is 1.83. The van der Waals surface area contributed by atoms with Crippen LogP contribution in [0, 0.1) is 0 Å². The van der Waals surface area contributed by atoms with E-state index in [1.807, 2.05) is 0 Å². The molecule has 1 atom stereocenters. The first-order chi connectivity index (χ1) is 11.1. The van der Waals surface area contributed by atoms with Crippen LogP contribution in [0.1, 0.15) is 11.1 Å². The predicted octanol–water partition coefficient (Wildman–Crippen LogP) is 2.31. The van der Waals surface area contributed by atoms with Gasteiger partial charge in [-0.1, -0.05) is 18.2 Å². The summed E-state index contributed by atoms with van der Waals surface area (Å²) < 4.78 is 10.5. The van der Waals surface area contributed by atoms with Crippen molar-refractivity contribution in [1.82, 2.24) is 0 Å². The number of benzene rings is 2. The highest BCUT2D eigenvalue weighted by atomic mass is 16.5. The van der Waals surface area contributed by atoms with Crippen molar-refractivity contribution in [2.24, 2.45) is 0 Å². The predicted molar refractivity (Wildman–Crippen MR) is 84.4 cm³/mol. The monoisotopic (exact) mass is 312 g/mol. The molecule has 0 amide bonds. The normalized spacial score (nSPS) is 17.4. The molecule has 2 N–H and O–H groups in total. The van der Waals surface area contributed by atoms with Gasteiger partial charge in [0.05, 0.1) is 13.2 Å². The zero-order valence-corrected chi connectivity index (χ0v) is 12.5. The van der Waals surface area contributed by atoms with Crippen LogP contribution in [0.3, 0.4) is 0 Å². The SMILES string of the molecule is COc1ccc2c(c1)OC(=O)C=C(c1ccc(O)cc1)[C@@H](O)C2. The smallest absolute Gasteiger partial charge is 0.336 e. The number of hydrogen-bond acceptors (Lipinski definition) is 5. The molecule has 2 aromatic carbocycles. The van der Waals surface area contributed by atoms with Crippen molar-refractivity contribution in [3.8, 4) is 17.2 Å². The van der Waals surface area contributed by atoms with Crippen LogP contribution in [0.5, 0.6) is 17.2 Å². The number of carbonyl (C=O) groups excluding carboxylic acids is 1. The van der Waals surface area contributed by atoms with Crippen molar-refractivity contribution in [3.63, 3.8) is 0 Å². The number of phenolic OH excluding ortho intramolecular Hbond substituents is 1. The summed E-state index contributed by atoms with van der Waals surface area (Å²) in [5.74, 6) is 0.514. The van der Waals surface area contributed by atoms with Crippen LogP contribution in [-0.4, -0.2) is 29.4 Å². The summed E-state index contributed by atoms with van der Waals surface area (Å²) in [5, 5.41) is 19.9. The maximum absolute atomic E-state index is 12.1. The van der Waals surface area contributed by atoms with E-state index in [-0.39, 0.29) is 5.75 Å². The van der Waals surface area contributed by atoms with Crippen LogP contribution in [-0.2, 0) is 11.2 Å². The van der Waals surface area contributed by atoms with Gasteiger partial charge >= 0.3 is 5.97 Å². The minimum absolute atomic E-state index is 0.120. The topological polar surface area (TPSA) is 76.0 Å². The molecule has 0 saturated heterocycles. The lowest BCUT2D eigenvalue weighted by atomic mass is 9.94. The first-order valence-electron chi connectivity index (χ1n) is 7.14. The second kappa shape index (κ2) is 6.14. The van der Waals surface area contributed by atoms with Crippen molar-refractivity contribution in [3.05, 3.63) is 59.7 Å². The lowest BCUT2D eigenvalue weighted by molar-refractivity contribution is -0.129. The Morgan fingerprint density at radius 3 is 2.61 bits per heavy atom. The summed E-state index contributed by atoms with van der Waals surface area (Å²) in [6.45, 7) is 0. The van der Waals surface area contributed by atoms with Gasteiger partial charge in [0, 0.05) is 18.6 Å². The number of aliphatic hydroxyl groups excluding tert-OH is 1. The summed E-state index contributed by atoms with van der Waals surface area (Å²) >= 11 is 0. The molecular formula is C18H16O5. The van der Waals surface area contributed by atoms with E-state index in [1.54, 1.807) is 30.3 Å². The number of phenols is 1. The number of aromatic hydroxyl groups is 1. The van der Waals surface area contributed by atoms with Gasteiger partial charge in [-0.05, 0) is 34.9 Å². The molecular weight excluding hydrogens is 296 g/mol. The van der Waals surface area contributed by atoms with E-state index in [1.165, 1.54) is 25.3 Å². The fourth-order valence-corrected chi connectivity index (χ4v) is 2.53. The van der Waals surface area contributed by atoms with Crippen LogP contribution in [0.4, 0.5) is 0 Å². The fraction of sp³-hybridized carbons (Fsp3) is 0.167. The molecule has 118 valence electrons.